The van der Waals surface area contributed by atoms with Gasteiger partial charge in [-0.3, -0.25) is 4.79 Å². The lowest BCUT2D eigenvalue weighted by Crippen LogP contribution is -2.35. The summed E-state index contributed by atoms with van der Waals surface area (Å²) in [5, 5.41) is 15.3. The van der Waals surface area contributed by atoms with Crippen LogP contribution in [-0.2, 0) is 10.2 Å². The fourth-order valence-corrected chi connectivity index (χ4v) is 3.44. The van der Waals surface area contributed by atoms with Crippen LogP contribution in [0.25, 0.3) is 0 Å². The molecule has 5 heteroatoms. The second kappa shape index (κ2) is 5.35. The highest BCUT2D eigenvalue weighted by Crippen LogP contribution is 2.32. The van der Waals surface area contributed by atoms with Gasteiger partial charge < -0.3 is 10.4 Å². The van der Waals surface area contributed by atoms with E-state index >= 15 is 0 Å². The monoisotopic (exact) mass is 298 g/mol. The lowest BCUT2D eigenvalue weighted by molar-refractivity contribution is -0.142. The summed E-state index contributed by atoms with van der Waals surface area (Å²) in [6.45, 7) is 14.2. The van der Waals surface area contributed by atoms with Gasteiger partial charge in [-0.1, -0.05) is 20.8 Å². The van der Waals surface area contributed by atoms with E-state index in [1.54, 1.807) is 13.8 Å². The first-order chi connectivity index (χ1) is 8.83. The molecule has 0 saturated heterocycles. The van der Waals surface area contributed by atoms with Crippen LogP contribution in [0.5, 0.6) is 0 Å². The van der Waals surface area contributed by atoms with Gasteiger partial charge in [-0.05, 0) is 39.5 Å². The van der Waals surface area contributed by atoms with Crippen LogP contribution in [0.2, 0.25) is 0 Å². The Kier molecular flexibility index (Phi) is 4.54. The number of thiazole rings is 1. The Balaban J connectivity index is 2.86. The number of aromatic nitrogens is 1. The molecule has 2 N–H and O–H groups in total. The molecule has 0 spiro atoms. The van der Waals surface area contributed by atoms with Crippen molar-refractivity contribution in [2.24, 2.45) is 5.41 Å². The van der Waals surface area contributed by atoms with E-state index in [2.05, 4.69) is 44.9 Å². The van der Waals surface area contributed by atoms with Crippen molar-refractivity contribution < 1.29 is 9.90 Å². The van der Waals surface area contributed by atoms with E-state index in [-0.39, 0.29) is 11.0 Å². The Morgan fingerprint density at radius 1 is 1.25 bits per heavy atom. The second-order valence-electron chi connectivity index (χ2n) is 7.71. The molecule has 0 radical (unpaired) electrons. The van der Waals surface area contributed by atoms with Crippen molar-refractivity contribution in [2.45, 2.75) is 65.8 Å². The maximum absolute atomic E-state index is 11.2. The summed E-state index contributed by atoms with van der Waals surface area (Å²) in [6.07, 6.45) is 0.997. The summed E-state index contributed by atoms with van der Waals surface area (Å²) in [6, 6.07) is 0. The Labute approximate surface area is 125 Å². The molecule has 1 aromatic rings. The first kappa shape index (κ1) is 17.0. The fraction of sp³-hybridized carbons (Fsp3) is 0.733. The van der Waals surface area contributed by atoms with Gasteiger partial charge in [0, 0.05) is 10.9 Å². The van der Waals surface area contributed by atoms with Crippen molar-refractivity contribution in [1.29, 1.82) is 0 Å². The van der Waals surface area contributed by atoms with Gasteiger partial charge in [-0.2, -0.15) is 0 Å². The molecule has 0 amide bonds. The van der Waals surface area contributed by atoms with Gasteiger partial charge in [0.05, 0.1) is 5.69 Å². The quantitative estimate of drug-likeness (QED) is 0.858. The lowest BCUT2D eigenvalue weighted by atomic mass is 9.82. The highest BCUT2D eigenvalue weighted by atomic mass is 32.1. The van der Waals surface area contributed by atoms with Gasteiger partial charge in [-0.25, -0.2) is 4.98 Å². The molecule has 0 atom stereocenters. The minimum absolute atomic E-state index is 0.0826. The van der Waals surface area contributed by atoms with E-state index < -0.39 is 11.4 Å². The molecule has 0 fully saturated rings. The van der Waals surface area contributed by atoms with Crippen molar-refractivity contribution in [3.63, 3.8) is 0 Å². The highest BCUT2D eigenvalue weighted by molar-refractivity contribution is 7.13. The van der Waals surface area contributed by atoms with Crippen LogP contribution in [0.4, 0.5) is 5.13 Å². The predicted octanol–water partition coefficient (Wildman–Crippen LogP) is 4.13. The lowest BCUT2D eigenvalue weighted by Gasteiger charge is -2.33. The van der Waals surface area contributed by atoms with Crippen molar-refractivity contribution in [1.82, 2.24) is 4.98 Å². The Bertz CT molecular complexity index is 484. The van der Waals surface area contributed by atoms with Gasteiger partial charge in [0.2, 0.25) is 0 Å². The molecule has 20 heavy (non-hydrogen) atoms. The molecule has 0 aromatic carbocycles. The van der Waals surface area contributed by atoms with Crippen LogP contribution >= 0.6 is 11.3 Å². The minimum atomic E-state index is -0.954. The normalized spacial score (nSPS) is 13.3. The van der Waals surface area contributed by atoms with Crippen LogP contribution in [0.15, 0.2) is 5.38 Å². The number of hydrogen-bond acceptors (Lipinski definition) is 4. The molecule has 0 bridgehead atoms. The summed E-state index contributed by atoms with van der Waals surface area (Å²) >= 11 is 1.46. The SMILES string of the molecule is CC(C)(C)CC(C)(C)Nc1nc(C(C)(C)C(=O)O)cs1. The zero-order valence-electron chi connectivity index (χ0n) is 13.5. The van der Waals surface area contributed by atoms with Crippen molar-refractivity contribution >= 4 is 22.4 Å². The van der Waals surface area contributed by atoms with Gasteiger partial charge >= 0.3 is 5.97 Å². The van der Waals surface area contributed by atoms with Gasteiger partial charge in [0.25, 0.3) is 0 Å². The molecule has 0 aliphatic rings. The molecular weight excluding hydrogens is 272 g/mol. The number of aliphatic carboxylic acids is 1. The highest BCUT2D eigenvalue weighted by Gasteiger charge is 2.33. The zero-order valence-corrected chi connectivity index (χ0v) is 14.3. The minimum Gasteiger partial charge on any atom is -0.481 e. The summed E-state index contributed by atoms with van der Waals surface area (Å²) < 4.78 is 0. The zero-order chi connectivity index (χ0) is 15.8. The van der Waals surface area contributed by atoms with Crippen molar-refractivity contribution in [3.05, 3.63) is 11.1 Å². The number of carboxylic acids is 1. The first-order valence-corrected chi connectivity index (χ1v) is 7.69. The Morgan fingerprint density at radius 2 is 1.80 bits per heavy atom. The maximum Gasteiger partial charge on any atom is 0.315 e. The molecule has 1 rings (SSSR count). The van der Waals surface area contributed by atoms with E-state index in [0.29, 0.717) is 5.69 Å². The van der Waals surface area contributed by atoms with E-state index in [9.17, 15) is 9.90 Å². The summed E-state index contributed by atoms with van der Waals surface area (Å²) in [5.41, 5.74) is -0.216. The number of rotatable bonds is 5. The van der Waals surface area contributed by atoms with Crippen molar-refractivity contribution in [2.75, 3.05) is 5.32 Å². The molecule has 1 aromatic heterocycles. The van der Waals surface area contributed by atoms with Gasteiger partial charge in [-0.15, -0.1) is 11.3 Å². The largest absolute Gasteiger partial charge is 0.481 e. The summed E-state index contributed by atoms with van der Waals surface area (Å²) in [4.78, 5) is 15.7. The van der Waals surface area contributed by atoms with Gasteiger partial charge in [0.1, 0.15) is 5.41 Å². The molecule has 114 valence electrons. The molecule has 0 aliphatic carbocycles. The number of nitrogens with one attached hydrogen (secondary N) is 1. The molecule has 0 aliphatic heterocycles. The number of anilines is 1. The van der Waals surface area contributed by atoms with E-state index in [4.69, 9.17) is 0 Å². The Hall–Kier alpha value is -1.10. The molecule has 0 unspecified atom stereocenters. The second-order valence-corrected chi connectivity index (χ2v) is 8.57. The number of carbonyl (C=O) groups is 1. The molecule has 1 heterocycles. The van der Waals surface area contributed by atoms with E-state index in [1.807, 2.05) is 5.38 Å². The maximum atomic E-state index is 11.2. The number of nitrogens with zero attached hydrogens (tertiary/aromatic N) is 1. The average Bonchev–Trinajstić information content (AvgIpc) is 2.61. The van der Waals surface area contributed by atoms with Gasteiger partial charge in [0.15, 0.2) is 5.13 Å². The van der Waals surface area contributed by atoms with Crippen LogP contribution in [-0.4, -0.2) is 21.6 Å². The molecule has 0 saturated carbocycles. The van der Waals surface area contributed by atoms with E-state index in [1.165, 1.54) is 11.3 Å². The summed E-state index contributed by atoms with van der Waals surface area (Å²) in [7, 11) is 0. The molecule has 4 nitrogen and oxygen atoms in total. The smallest absolute Gasteiger partial charge is 0.315 e. The predicted molar refractivity (Wildman–Crippen MR) is 84.5 cm³/mol. The van der Waals surface area contributed by atoms with Crippen LogP contribution < -0.4 is 5.32 Å². The fourth-order valence-electron chi connectivity index (χ4n) is 2.39. The standard InChI is InChI=1S/C15H26N2O2S/c1-13(2,3)9-14(4,5)17-12-16-10(8-20-12)15(6,7)11(18)19/h8H,9H2,1-7H3,(H,16,17)(H,18,19). The molecular formula is C15H26N2O2S. The third kappa shape index (κ3) is 4.47. The number of hydrogen-bond donors (Lipinski definition) is 2. The third-order valence-electron chi connectivity index (χ3n) is 3.10. The van der Waals surface area contributed by atoms with Crippen molar-refractivity contribution in [3.8, 4) is 0 Å². The number of carboxylic acid groups (broad SMARTS) is 1. The first-order valence-electron chi connectivity index (χ1n) is 6.81. The van der Waals surface area contributed by atoms with Crippen LogP contribution in [0.3, 0.4) is 0 Å². The average molecular weight is 298 g/mol. The summed E-state index contributed by atoms with van der Waals surface area (Å²) in [5.74, 6) is -0.858. The third-order valence-corrected chi connectivity index (χ3v) is 3.85. The van der Waals surface area contributed by atoms with E-state index in [0.717, 1.165) is 11.6 Å². The topological polar surface area (TPSA) is 62.2 Å². The Morgan fingerprint density at radius 3 is 2.25 bits per heavy atom. The van der Waals surface area contributed by atoms with Crippen LogP contribution in [0, 0.1) is 5.41 Å². The van der Waals surface area contributed by atoms with Crippen LogP contribution in [0.1, 0.15) is 60.6 Å².